The molecule has 2 aromatic rings. The molecule has 4 nitrogen and oxygen atoms in total. The molecule has 2 aromatic carbocycles. The Balaban J connectivity index is 2.05. The van der Waals surface area contributed by atoms with E-state index in [9.17, 15) is 4.79 Å². The standard InChI is InChI=1S/C19H23NO3/c1-13-7-5-6-8-15(13)12-19(21)20-14(2)16-9-10-17(22-3)18(11-16)23-4/h5-11,14H,12H2,1-4H3,(H,20,21). The Labute approximate surface area is 137 Å². The number of hydrogen-bond acceptors (Lipinski definition) is 3. The first-order valence-corrected chi connectivity index (χ1v) is 7.61. The van der Waals surface area contributed by atoms with E-state index in [1.807, 2.05) is 56.3 Å². The molecule has 1 amide bonds. The fourth-order valence-corrected chi connectivity index (χ4v) is 2.48. The summed E-state index contributed by atoms with van der Waals surface area (Å²) in [6, 6.07) is 13.5. The summed E-state index contributed by atoms with van der Waals surface area (Å²) in [4.78, 5) is 12.3. The SMILES string of the molecule is COc1ccc(C(C)NC(=O)Cc2ccccc2C)cc1OC. The molecule has 23 heavy (non-hydrogen) atoms. The maximum atomic E-state index is 12.3. The third-order valence-corrected chi connectivity index (χ3v) is 3.90. The normalized spacial score (nSPS) is 11.7. The lowest BCUT2D eigenvalue weighted by molar-refractivity contribution is -0.121. The zero-order valence-electron chi connectivity index (χ0n) is 14.1. The van der Waals surface area contributed by atoms with Crippen LogP contribution in [0.5, 0.6) is 11.5 Å². The van der Waals surface area contributed by atoms with Crippen LogP contribution in [0.4, 0.5) is 0 Å². The number of methoxy groups -OCH3 is 2. The molecule has 0 aliphatic rings. The number of ether oxygens (including phenoxy) is 2. The van der Waals surface area contributed by atoms with Crippen LogP contribution in [0.3, 0.4) is 0 Å². The second-order valence-electron chi connectivity index (χ2n) is 5.51. The zero-order chi connectivity index (χ0) is 16.8. The number of benzene rings is 2. The van der Waals surface area contributed by atoms with Crippen LogP contribution in [0.1, 0.15) is 29.7 Å². The van der Waals surface area contributed by atoms with Crippen LogP contribution in [0.15, 0.2) is 42.5 Å². The van der Waals surface area contributed by atoms with Gasteiger partial charge in [0, 0.05) is 0 Å². The lowest BCUT2D eigenvalue weighted by Crippen LogP contribution is -2.28. The van der Waals surface area contributed by atoms with Gasteiger partial charge in [-0.1, -0.05) is 30.3 Å². The van der Waals surface area contributed by atoms with Gasteiger partial charge in [0.1, 0.15) is 0 Å². The lowest BCUT2D eigenvalue weighted by Gasteiger charge is -2.17. The summed E-state index contributed by atoms with van der Waals surface area (Å²) in [5.74, 6) is 1.33. The predicted molar refractivity (Wildman–Crippen MR) is 91.0 cm³/mol. The molecule has 0 bridgehead atoms. The Morgan fingerprint density at radius 2 is 1.78 bits per heavy atom. The van der Waals surface area contributed by atoms with Gasteiger partial charge >= 0.3 is 0 Å². The molecule has 0 heterocycles. The second kappa shape index (κ2) is 7.68. The van der Waals surface area contributed by atoms with Crippen molar-refractivity contribution in [3.8, 4) is 11.5 Å². The summed E-state index contributed by atoms with van der Waals surface area (Å²) in [5.41, 5.74) is 3.15. The van der Waals surface area contributed by atoms with Crippen molar-refractivity contribution in [1.29, 1.82) is 0 Å². The number of aryl methyl sites for hydroxylation is 1. The van der Waals surface area contributed by atoms with Gasteiger partial charge in [-0.05, 0) is 42.7 Å². The van der Waals surface area contributed by atoms with Crippen LogP contribution in [0.25, 0.3) is 0 Å². The predicted octanol–water partition coefficient (Wildman–Crippen LogP) is 3.43. The number of hydrogen-bond donors (Lipinski definition) is 1. The van der Waals surface area contributed by atoms with Gasteiger partial charge in [0.2, 0.25) is 5.91 Å². The van der Waals surface area contributed by atoms with Gasteiger partial charge in [-0.25, -0.2) is 0 Å². The average molecular weight is 313 g/mol. The molecule has 0 fully saturated rings. The summed E-state index contributed by atoms with van der Waals surface area (Å²) >= 11 is 0. The molecule has 2 rings (SSSR count). The van der Waals surface area contributed by atoms with Crippen LogP contribution in [0, 0.1) is 6.92 Å². The van der Waals surface area contributed by atoms with Gasteiger partial charge in [0.25, 0.3) is 0 Å². The molecular weight excluding hydrogens is 290 g/mol. The monoisotopic (exact) mass is 313 g/mol. The highest BCUT2D eigenvalue weighted by atomic mass is 16.5. The minimum Gasteiger partial charge on any atom is -0.493 e. The molecule has 0 aliphatic heterocycles. The van der Waals surface area contributed by atoms with Crippen LogP contribution in [-0.2, 0) is 11.2 Å². The van der Waals surface area contributed by atoms with E-state index in [-0.39, 0.29) is 11.9 Å². The Hall–Kier alpha value is -2.49. The average Bonchev–Trinajstić information content (AvgIpc) is 2.56. The molecule has 122 valence electrons. The maximum absolute atomic E-state index is 12.3. The Morgan fingerprint density at radius 3 is 2.43 bits per heavy atom. The van der Waals surface area contributed by atoms with Gasteiger partial charge < -0.3 is 14.8 Å². The van der Waals surface area contributed by atoms with E-state index in [1.54, 1.807) is 14.2 Å². The first-order valence-electron chi connectivity index (χ1n) is 7.61. The summed E-state index contributed by atoms with van der Waals surface area (Å²) in [5, 5.41) is 3.03. The highest BCUT2D eigenvalue weighted by Crippen LogP contribution is 2.29. The largest absolute Gasteiger partial charge is 0.493 e. The van der Waals surface area contributed by atoms with Gasteiger partial charge in [-0.2, -0.15) is 0 Å². The molecule has 1 N–H and O–H groups in total. The molecule has 0 aliphatic carbocycles. The van der Waals surface area contributed by atoms with E-state index >= 15 is 0 Å². The molecule has 0 saturated carbocycles. The van der Waals surface area contributed by atoms with E-state index < -0.39 is 0 Å². The van der Waals surface area contributed by atoms with Gasteiger partial charge in [0.15, 0.2) is 11.5 Å². The zero-order valence-corrected chi connectivity index (χ0v) is 14.1. The Kier molecular flexibility index (Phi) is 5.63. The molecule has 0 saturated heterocycles. The van der Waals surface area contributed by atoms with Crippen molar-refractivity contribution in [2.75, 3.05) is 14.2 Å². The van der Waals surface area contributed by atoms with Crippen molar-refractivity contribution in [2.45, 2.75) is 26.3 Å². The third-order valence-electron chi connectivity index (χ3n) is 3.90. The fourth-order valence-electron chi connectivity index (χ4n) is 2.48. The van der Waals surface area contributed by atoms with E-state index in [0.29, 0.717) is 17.9 Å². The number of nitrogens with one attached hydrogen (secondary N) is 1. The van der Waals surface area contributed by atoms with Crippen molar-refractivity contribution < 1.29 is 14.3 Å². The smallest absolute Gasteiger partial charge is 0.224 e. The summed E-state index contributed by atoms with van der Waals surface area (Å²) in [6.45, 7) is 3.97. The van der Waals surface area contributed by atoms with Crippen molar-refractivity contribution in [2.24, 2.45) is 0 Å². The van der Waals surface area contributed by atoms with Crippen molar-refractivity contribution in [1.82, 2.24) is 5.32 Å². The summed E-state index contributed by atoms with van der Waals surface area (Å²) in [7, 11) is 3.20. The first kappa shape index (κ1) is 16.9. The number of carbonyl (C=O) groups is 1. The van der Waals surface area contributed by atoms with Crippen LogP contribution in [-0.4, -0.2) is 20.1 Å². The number of rotatable bonds is 6. The van der Waals surface area contributed by atoms with Crippen LogP contribution < -0.4 is 14.8 Å². The first-order chi connectivity index (χ1) is 11.0. The van der Waals surface area contributed by atoms with E-state index in [0.717, 1.165) is 16.7 Å². The molecule has 0 radical (unpaired) electrons. The highest BCUT2D eigenvalue weighted by Gasteiger charge is 2.13. The van der Waals surface area contributed by atoms with Gasteiger partial charge in [-0.3, -0.25) is 4.79 Å². The van der Waals surface area contributed by atoms with Crippen LogP contribution >= 0.6 is 0 Å². The van der Waals surface area contributed by atoms with Crippen molar-refractivity contribution in [3.63, 3.8) is 0 Å². The van der Waals surface area contributed by atoms with Gasteiger partial charge in [0.05, 0.1) is 26.7 Å². The minimum atomic E-state index is -0.105. The molecule has 1 unspecified atom stereocenters. The molecule has 0 spiro atoms. The van der Waals surface area contributed by atoms with E-state index in [2.05, 4.69) is 5.32 Å². The maximum Gasteiger partial charge on any atom is 0.224 e. The van der Waals surface area contributed by atoms with E-state index in [4.69, 9.17) is 9.47 Å². The molecular formula is C19H23NO3. The van der Waals surface area contributed by atoms with Crippen molar-refractivity contribution in [3.05, 3.63) is 59.2 Å². The van der Waals surface area contributed by atoms with Gasteiger partial charge in [-0.15, -0.1) is 0 Å². The Bertz CT molecular complexity index is 682. The van der Waals surface area contributed by atoms with E-state index in [1.165, 1.54) is 0 Å². The fraction of sp³-hybridized carbons (Fsp3) is 0.316. The van der Waals surface area contributed by atoms with Crippen LogP contribution in [0.2, 0.25) is 0 Å². The quantitative estimate of drug-likeness (QED) is 0.889. The molecule has 0 aromatic heterocycles. The topological polar surface area (TPSA) is 47.6 Å². The second-order valence-corrected chi connectivity index (χ2v) is 5.51. The summed E-state index contributed by atoms with van der Waals surface area (Å²) in [6.07, 6.45) is 0.379. The summed E-state index contributed by atoms with van der Waals surface area (Å²) < 4.78 is 10.5. The third kappa shape index (κ3) is 4.25. The Morgan fingerprint density at radius 1 is 1.09 bits per heavy atom. The number of amides is 1. The molecule has 1 atom stereocenters. The lowest BCUT2D eigenvalue weighted by atomic mass is 10.0. The highest BCUT2D eigenvalue weighted by molar-refractivity contribution is 5.79. The van der Waals surface area contributed by atoms with Crippen molar-refractivity contribution >= 4 is 5.91 Å². The molecule has 4 heteroatoms. The minimum absolute atomic E-state index is 0.00147. The number of carbonyl (C=O) groups excluding carboxylic acids is 1.